The van der Waals surface area contributed by atoms with Gasteiger partial charge in [-0.15, -0.1) is 22.7 Å². The molecule has 2 aromatic carbocycles. The molecule has 3 aromatic heterocycles. The molecule has 0 saturated carbocycles. The number of carboxylic acid groups (broad SMARTS) is 2. The average Bonchev–Trinajstić information content (AvgIpc) is 3.70. The van der Waals surface area contributed by atoms with Gasteiger partial charge >= 0.3 is 11.9 Å². The van der Waals surface area contributed by atoms with E-state index >= 15 is 0 Å². The molecule has 0 amide bonds. The second kappa shape index (κ2) is 11.5. The number of aromatic amines is 1. The molecule has 41 heavy (non-hydrogen) atoms. The minimum atomic E-state index is -1.03. The van der Waals surface area contributed by atoms with Crippen LogP contribution in [0, 0.1) is 0 Å². The zero-order valence-corrected chi connectivity index (χ0v) is 23.5. The standard InChI is InChI=1S/C28H23N3O8S2/c1-38-19-7-13-9-23(17(32)3-5-25(34)35)40-21(13)11-15(19)27-28(30-31-29-27)16-12-22-14(8-20(16)39-2)10-24(41-22)18(33)4-6-26(36)37/h7-12H,3-6H2,1-2H3,(H,34,35)(H,36,37)(H,29,30,31). The zero-order chi connectivity index (χ0) is 29.3. The topological polar surface area (TPSA) is 169 Å². The van der Waals surface area contributed by atoms with E-state index in [0.717, 1.165) is 20.2 Å². The van der Waals surface area contributed by atoms with Crippen molar-refractivity contribution >= 4 is 66.4 Å². The highest BCUT2D eigenvalue weighted by Gasteiger charge is 2.23. The first-order valence-electron chi connectivity index (χ1n) is 12.3. The second-order valence-electron chi connectivity index (χ2n) is 9.06. The van der Waals surface area contributed by atoms with Crippen LogP contribution in [0.5, 0.6) is 11.5 Å². The molecule has 0 fully saturated rings. The number of hydrogen-bond donors (Lipinski definition) is 3. The van der Waals surface area contributed by atoms with Crippen LogP contribution in [-0.2, 0) is 9.59 Å². The SMILES string of the molecule is COc1cc2cc(C(=O)CCC(=O)O)sc2cc1-c1n[nH]nc1-c1cc2sc(C(=O)CCC(=O)O)cc2cc1OC. The normalized spacial score (nSPS) is 11.2. The number of ketones is 2. The first-order chi connectivity index (χ1) is 19.7. The quantitative estimate of drug-likeness (QED) is 0.153. The van der Waals surface area contributed by atoms with Crippen LogP contribution >= 0.6 is 22.7 Å². The van der Waals surface area contributed by atoms with Gasteiger partial charge in [-0.05, 0) is 47.2 Å². The number of ether oxygens (including phenoxy) is 2. The molecule has 0 unspecified atom stereocenters. The Kier molecular flexibility index (Phi) is 7.81. The van der Waals surface area contributed by atoms with Crippen LogP contribution in [0.3, 0.4) is 0 Å². The lowest BCUT2D eigenvalue weighted by molar-refractivity contribution is -0.137. The summed E-state index contributed by atoms with van der Waals surface area (Å²) < 4.78 is 12.9. The fourth-order valence-corrected chi connectivity index (χ4v) is 6.51. The molecule has 0 atom stereocenters. The summed E-state index contributed by atoms with van der Waals surface area (Å²) >= 11 is 2.52. The van der Waals surface area contributed by atoms with E-state index in [1.165, 1.54) is 36.9 Å². The van der Waals surface area contributed by atoms with Crippen molar-refractivity contribution in [1.82, 2.24) is 15.4 Å². The first-order valence-corrected chi connectivity index (χ1v) is 14.0. The van der Waals surface area contributed by atoms with Crippen molar-refractivity contribution in [3.63, 3.8) is 0 Å². The molecule has 5 rings (SSSR count). The Bertz CT molecular complexity index is 1700. The molecule has 0 aliphatic rings. The number of hydrogen-bond acceptors (Lipinski definition) is 10. The number of Topliss-reactive ketones (excluding diaryl/α,β-unsaturated/α-hetero) is 2. The van der Waals surface area contributed by atoms with Crippen molar-refractivity contribution in [2.75, 3.05) is 14.2 Å². The molecule has 0 spiro atoms. The molecular weight excluding hydrogens is 570 g/mol. The average molecular weight is 594 g/mol. The van der Waals surface area contributed by atoms with Gasteiger partial charge in [-0.3, -0.25) is 19.2 Å². The van der Waals surface area contributed by atoms with Crippen molar-refractivity contribution < 1.29 is 38.9 Å². The molecule has 3 N–H and O–H groups in total. The summed E-state index contributed by atoms with van der Waals surface area (Å²) in [6.07, 6.45) is -0.647. The summed E-state index contributed by atoms with van der Waals surface area (Å²) in [5, 5.41) is 30.8. The van der Waals surface area contributed by atoms with E-state index < -0.39 is 11.9 Å². The fourth-order valence-electron chi connectivity index (χ4n) is 4.41. The summed E-state index contributed by atoms with van der Waals surface area (Å²) in [6.45, 7) is 0. The van der Waals surface area contributed by atoms with Crippen molar-refractivity contribution in [3.8, 4) is 34.0 Å². The summed E-state index contributed by atoms with van der Waals surface area (Å²) in [5.41, 5.74) is 2.19. The summed E-state index contributed by atoms with van der Waals surface area (Å²) in [6, 6.07) is 10.7. The third-order valence-electron chi connectivity index (χ3n) is 6.42. The second-order valence-corrected chi connectivity index (χ2v) is 11.2. The van der Waals surface area contributed by atoms with E-state index in [0.29, 0.717) is 43.8 Å². The van der Waals surface area contributed by atoms with E-state index in [1.807, 2.05) is 12.1 Å². The van der Waals surface area contributed by atoms with Gasteiger partial charge in [-0.25, -0.2) is 0 Å². The van der Waals surface area contributed by atoms with Gasteiger partial charge in [0.25, 0.3) is 0 Å². The molecular formula is C28H23N3O8S2. The number of H-pyrrole nitrogens is 1. The molecule has 11 nitrogen and oxygen atoms in total. The van der Waals surface area contributed by atoms with Gasteiger partial charge in [0.2, 0.25) is 0 Å². The highest BCUT2D eigenvalue weighted by molar-refractivity contribution is 7.21. The minimum absolute atomic E-state index is 0.0859. The van der Waals surface area contributed by atoms with Crippen LogP contribution < -0.4 is 9.47 Å². The van der Waals surface area contributed by atoms with Gasteiger partial charge in [0.05, 0.1) is 36.8 Å². The van der Waals surface area contributed by atoms with E-state index in [4.69, 9.17) is 19.7 Å². The smallest absolute Gasteiger partial charge is 0.303 e. The lowest BCUT2D eigenvalue weighted by Gasteiger charge is -2.11. The molecule has 13 heteroatoms. The largest absolute Gasteiger partial charge is 0.496 e. The number of rotatable bonds is 12. The highest BCUT2D eigenvalue weighted by Crippen LogP contribution is 2.43. The number of fused-ring (bicyclic) bond motifs is 2. The summed E-state index contributed by atoms with van der Waals surface area (Å²) in [4.78, 5) is 47.8. The van der Waals surface area contributed by atoms with Crippen LogP contribution in [0.4, 0.5) is 0 Å². The number of thiophene rings is 2. The Balaban J connectivity index is 1.56. The monoisotopic (exact) mass is 593 g/mol. The molecule has 0 radical (unpaired) electrons. The number of carbonyl (C=O) groups excluding carboxylic acids is 2. The van der Waals surface area contributed by atoms with Gasteiger partial charge in [-0.1, -0.05) is 0 Å². The number of methoxy groups -OCH3 is 2. The van der Waals surface area contributed by atoms with Gasteiger partial charge in [0.1, 0.15) is 22.9 Å². The zero-order valence-electron chi connectivity index (χ0n) is 21.8. The number of aliphatic carboxylic acids is 2. The number of nitrogens with zero attached hydrogens (tertiary/aromatic N) is 2. The molecule has 0 bridgehead atoms. The fraction of sp³-hybridized carbons (Fsp3) is 0.214. The third kappa shape index (κ3) is 5.67. The van der Waals surface area contributed by atoms with Crippen molar-refractivity contribution in [3.05, 3.63) is 46.2 Å². The lowest BCUT2D eigenvalue weighted by atomic mass is 10.0. The predicted molar refractivity (Wildman–Crippen MR) is 154 cm³/mol. The predicted octanol–water partition coefficient (Wildman–Crippen LogP) is 5.68. The van der Waals surface area contributed by atoms with E-state index in [9.17, 15) is 19.2 Å². The first kappa shape index (κ1) is 27.9. The van der Waals surface area contributed by atoms with Gasteiger partial charge in [-0.2, -0.15) is 15.4 Å². The van der Waals surface area contributed by atoms with Crippen molar-refractivity contribution in [1.29, 1.82) is 0 Å². The van der Waals surface area contributed by atoms with Crippen molar-refractivity contribution in [2.24, 2.45) is 0 Å². The maximum atomic E-state index is 12.5. The van der Waals surface area contributed by atoms with Gasteiger partial charge in [0.15, 0.2) is 11.6 Å². The summed E-state index contributed by atoms with van der Waals surface area (Å²) in [5.74, 6) is -1.55. The highest BCUT2D eigenvalue weighted by atomic mass is 32.1. The Hall–Kier alpha value is -4.62. The van der Waals surface area contributed by atoms with Crippen molar-refractivity contribution in [2.45, 2.75) is 25.7 Å². The van der Waals surface area contributed by atoms with Crippen LogP contribution in [0.1, 0.15) is 45.0 Å². The van der Waals surface area contributed by atoms with E-state index in [2.05, 4.69) is 15.4 Å². The third-order valence-corrected chi connectivity index (χ3v) is 8.69. The molecule has 3 heterocycles. The number of carboxylic acids is 2. The molecule has 0 aliphatic heterocycles. The molecule has 5 aromatic rings. The van der Waals surface area contributed by atoms with Crippen LogP contribution in [0.25, 0.3) is 42.7 Å². The Morgan fingerprint density at radius 3 is 1.46 bits per heavy atom. The number of nitrogens with one attached hydrogen (secondary N) is 1. The maximum Gasteiger partial charge on any atom is 0.303 e. The number of benzene rings is 2. The Morgan fingerprint density at radius 2 is 1.10 bits per heavy atom. The maximum absolute atomic E-state index is 12.5. The molecule has 0 aliphatic carbocycles. The molecule has 0 saturated heterocycles. The number of carbonyl (C=O) groups is 4. The minimum Gasteiger partial charge on any atom is -0.496 e. The number of aromatic nitrogens is 3. The van der Waals surface area contributed by atoms with E-state index in [1.54, 1.807) is 24.3 Å². The van der Waals surface area contributed by atoms with E-state index in [-0.39, 0.29) is 37.2 Å². The van der Waals surface area contributed by atoms with Gasteiger partial charge in [0, 0.05) is 33.4 Å². The summed E-state index contributed by atoms with van der Waals surface area (Å²) in [7, 11) is 3.05. The lowest BCUT2D eigenvalue weighted by Crippen LogP contribution is -2.01. The Morgan fingerprint density at radius 1 is 0.683 bits per heavy atom. The van der Waals surface area contributed by atoms with Crippen LogP contribution in [-0.4, -0.2) is 63.3 Å². The Labute approximate surface area is 240 Å². The van der Waals surface area contributed by atoms with Crippen LogP contribution in [0.15, 0.2) is 36.4 Å². The van der Waals surface area contributed by atoms with Crippen LogP contribution in [0.2, 0.25) is 0 Å². The van der Waals surface area contributed by atoms with Gasteiger partial charge < -0.3 is 19.7 Å². The molecule has 210 valence electrons.